The molecule has 4 nitrogen and oxygen atoms in total. The number of carbonyl (C=O) groups is 1. The van der Waals surface area contributed by atoms with Gasteiger partial charge in [-0.15, -0.1) is 0 Å². The van der Waals surface area contributed by atoms with Gasteiger partial charge in [-0.1, -0.05) is 6.07 Å². The summed E-state index contributed by atoms with van der Waals surface area (Å²) < 4.78 is 43.2. The van der Waals surface area contributed by atoms with Crippen LogP contribution >= 0.6 is 0 Å². The molecule has 20 heavy (non-hydrogen) atoms. The van der Waals surface area contributed by atoms with Crippen LogP contribution in [0.25, 0.3) is 0 Å². The van der Waals surface area contributed by atoms with Gasteiger partial charge in [0.05, 0.1) is 12.2 Å². The molecule has 112 valence electrons. The van der Waals surface area contributed by atoms with Crippen molar-refractivity contribution in [2.24, 2.45) is 0 Å². The number of anilines is 1. The lowest BCUT2D eigenvalue weighted by Crippen LogP contribution is -2.27. The van der Waals surface area contributed by atoms with Crippen molar-refractivity contribution in [1.82, 2.24) is 0 Å². The maximum atomic E-state index is 12.8. The maximum Gasteiger partial charge on any atom is 0.416 e. The predicted octanol–water partition coefficient (Wildman–Crippen LogP) is 3.54. The fourth-order valence-corrected chi connectivity index (χ4v) is 1.48. The van der Waals surface area contributed by atoms with Gasteiger partial charge in [0.25, 0.3) is 0 Å². The zero-order chi connectivity index (χ0) is 15.6. The summed E-state index contributed by atoms with van der Waals surface area (Å²) in [6, 6.07) is 3.13. The van der Waals surface area contributed by atoms with E-state index in [2.05, 4.69) is 5.32 Å². The van der Waals surface area contributed by atoms with Crippen LogP contribution in [-0.4, -0.2) is 16.8 Å². The summed E-state index contributed by atoms with van der Waals surface area (Å²) in [5.74, 6) is 0. The fraction of sp³-hybridized carbons (Fsp3) is 0.462. The Hall–Kier alpha value is -1.76. The van der Waals surface area contributed by atoms with Gasteiger partial charge in [-0.2, -0.15) is 13.2 Å². The molecule has 0 saturated heterocycles. The summed E-state index contributed by atoms with van der Waals surface area (Å²) in [4.78, 5) is 11.5. The van der Waals surface area contributed by atoms with Crippen LogP contribution in [0.5, 0.6) is 0 Å². The van der Waals surface area contributed by atoms with E-state index in [1.54, 1.807) is 20.8 Å². The molecular formula is C13H16F3NO3. The minimum Gasteiger partial charge on any atom is -0.444 e. The van der Waals surface area contributed by atoms with Crippen molar-refractivity contribution in [2.45, 2.75) is 39.2 Å². The quantitative estimate of drug-likeness (QED) is 0.876. The first-order valence-corrected chi connectivity index (χ1v) is 5.84. The van der Waals surface area contributed by atoms with Gasteiger partial charge in [-0.25, -0.2) is 4.79 Å². The van der Waals surface area contributed by atoms with Crippen LogP contribution in [0.1, 0.15) is 31.9 Å². The number of hydrogen-bond donors (Lipinski definition) is 2. The molecule has 0 atom stereocenters. The fourth-order valence-electron chi connectivity index (χ4n) is 1.48. The Bertz CT molecular complexity index is 493. The Morgan fingerprint density at radius 2 is 1.90 bits per heavy atom. The SMILES string of the molecule is CC(C)(C)OC(=O)Nc1ccc(CO)c(C(F)(F)F)c1. The molecule has 1 rings (SSSR count). The van der Waals surface area contributed by atoms with Crippen LogP contribution in [0.3, 0.4) is 0 Å². The van der Waals surface area contributed by atoms with Crippen LogP contribution in [0.4, 0.5) is 23.7 Å². The highest BCUT2D eigenvalue weighted by molar-refractivity contribution is 5.85. The van der Waals surface area contributed by atoms with Gasteiger partial charge < -0.3 is 9.84 Å². The number of aliphatic hydroxyl groups is 1. The monoisotopic (exact) mass is 291 g/mol. The van der Waals surface area contributed by atoms with Gasteiger partial charge in [0.2, 0.25) is 0 Å². The number of rotatable bonds is 2. The van der Waals surface area contributed by atoms with E-state index in [9.17, 15) is 18.0 Å². The van der Waals surface area contributed by atoms with Crippen LogP contribution in [0.15, 0.2) is 18.2 Å². The molecule has 0 bridgehead atoms. The summed E-state index contributed by atoms with van der Waals surface area (Å²) in [5.41, 5.74) is -2.05. The Morgan fingerprint density at radius 1 is 1.30 bits per heavy atom. The van der Waals surface area contributed by atoms with Gasteiger partial charge in [-0.05, 0) is 38.5 Å². The molecule has 1 aromatic carbocycles. The standard InChI is InChI=1S/C13H16F3NO3/c1-12(2,3)20-11(19)17-9-5-4-8(7-18)10(6-9)13(14,15)16/h4-6,18H,7H2,1-3H3,(H,17,19). The lowest BCUT2D eigenvalue weighted by molar-refractivity contribution is -0.138. The van der Waals surface area contributed by atoms with Crippen molar-refractivity contribution in [2.75, 3.05) is 5.32 Å². The van der Waals surface area contributed by atoms with E-state index in [1.165, 1.54) is 6.07 Å². The molecule has 1 aromatic rings. The molecule has 0 aliphatic rings. The Labute approximate surface area is 114 Å². The highest BCUT2D eigenvalue weighted by Gasteiger charge is 2.33. The molecule has 0 unspecified atom stereocenters. The number of benzene rings is 1. The molecule has 2 N–H and O–H groups in total. The third-order valence-corrected chi connectivity index (χ3v) is 2.23. The van der Waals surface area contributed by atoms with Gasteiger partial charge in [0.1, 0.15) is 5.60 Å². The molecule has 0 saturated carbocycles. The number of amides is 1. The topological polar surface area (TPSA) is 58.6 Å². The van der Waals surface area contributed by atoms with Gasteiger partial charge in [0, 0.05) is 5.69 Å². The first-order valence-electron chi connectivity index (χ1n) is 5.84. The van der Waals surface area contributed by atoms with Crippen molar-refractivity contribution in [3.63, 3.8) is 0 Å². The molecule has 0 heterocycles. The molecule has 0 aliphatic heterocycles. The van der Waals surface area contributed by atoms with Crippen molar-refractivity contribution in [3.8, 4) is 0 Å². The van der Waals surface area contributed by atoms with E-state index in [0.717, 1.165) is 12.1 Å². The number of ether oxygens (including phenoxy) is 1. The van der Waals surface area contributed by atoms with E-state index in [0.29, 0.717) is 0 Å². The van der Waals surface area contributed by atoms with Crippen molar-refractivity contribution < 1.29 is 27.8 Å². The number of aliphatic hydroxyl groups excluding tert-OH is 1. The molecule has 0 aromatic heterocycles. The first-order chi connectivity index (χ1) is 9.03. The third-order valence-electron chi connectivity index (χ3n) is 2.23. The van der Waals surface area contributed by atoms with Crippen molar-refractivity contribution >= 4 is 11.8 Å². The minimum atomic E-state index is -4.61. The van der Waals surface area contributed by atoms with E-state index in [-0.39, 0.29) is 11.3 Å². The smallest absolute Gasteiger partial charge is 0.416 e. The third kappa shape index (κ3) is 4.73. The van der Waals surface area contributed by atoms with Crippen molar-refractivity contribution in [3.05, 3.63) is 29.3 Å². The molecular weight excluding hydrogens is 275 g/mol. The molecule has 1 amide bonds. The van der Waals surface area contributed by atoms with Crippen molar-refractivity contribution in [1.29, 1.82) is 0 Å². The molecule has 0 aliphatic carbocycles. The highest BCUT2D eigenvalue weighted by atomic mass is 19.4. The normalized spacial score (nSPS) is 12.2. The van der Waals surface area contributed by atoms with E-state index >= 15 is 0 Å². The minimum absolute atomic E-state index is 0.0521. The Kier molecular flexibility index (Phi) is 4.65. The number of halogens is 3. The van der Waals surface area contributed by atoms with E-state index in [4.69, 9.17) is 9.84 Å². The zero-order valence-corrected chi connectivity index (χ0v) is 11.3. The van der Waals surface area contributed by atoms with Crippen LogP contribution in [0.2, 0.25) is 0 Å². The van der Waals surface area contributed by atoms with Gasteiger partial charge in [0.15, 0.2) is 0 Å². The Morgan fingerprint density at radius 3 is 2.35 bits per heavy atom. The lowest BCUT2D eigenvalue weighted by Gasteiger charge is -2.20. The van der Waals surface area contributed by atoms with Crippen LogP contribution in [0, 0.1) is 0 Å². The molecule has 0 spiro atoms. The first kappa shape index (κ1) is 16.3. The average Bonchev–Trinajstić information content (AvgIpc) is 2.25. The largest absolute Gasteiger partial charge is 0.444 e. The Balaban J connectivity index is 2.96. The number of hydrogen-bond acceptors (Lipinski definition) is 3. The van der Waals surface area contributed by atoms with E-state index in [1.807, 2.05) is 0 Å². The second-order valence-electron chi connectivity index (χ2n) is 5.15. The number of alkyl halides is 3. The van der Waals surface area contributed by atoms with Gasteiger partial charge >= 0.3 is 12.3 Å². The van der Waals surface area contributed by atoms with Gasteiger partial charge in [-0.3, -0.25) is 5.32 Å². The van der Waals surface area contributed by atoms with Crippen LogP contribution < -0.4 is 5.32 Å². The highest BCUT2D eigenvalue weighted by Crippen LogP contribution is 2.34. The summed E-state index contributed by atoms with van der Waals surface area (Å²) in [5, 5.41) is 11.1. The average molecular weight is 291 g/mol. The summed E-state index contributed by atoms with van der Waals surface area (Å²) >= 11 is 0. The summed E-state index contributed by atoms with van der Waals surface area (Å²) in [7, 11) is 0. The molecule has 0 fully saturated rings. The maximum absolute atomic E-state index is 12.8. The summed E-state index contributed by atoms with van der Waals surface area (Å²) in [6.07, 6.45) is -5.45. The second kappa shape index (κ2) is 5.70. The van der Waals surface area contributed by atoms with Crippen LogP contribution in [-0.2, 0) is 17.5 Å². The van der Waals surface area contributed by atoms with E-state index < -0.39 is 30.0 Å². The second-order valence-corrected chi connectivity index (χ2v) is 5.15. The zero-order valence-electron chi connectivity index (χ0n) is 11.3. The number of carbonyl (C=O) groups excluding carboxylic acids is 1. The predicted molar refractivity (Wildman–Crippen MR) is 67.2 cm³/mol. The lowest BCUT2D eigenvalue weighted by atomic mass is 10.1. The molecule has 7 heteroatoms. The summed E-state index contributed by atoms with van der Waals surface area (Å²) in [6.45, 7) is 4.19. The molecule has 0 radical (unpaired) electrons. The number of nitrogens with one attached hydrogen (secondary N) is 1.